The van der Waals surface area contributed by atoms with E-state index < -0.39 is 36.9 Å². The Morgan fingerprint density at radius 2 is 1.50 bits per heavy atom. The van der Waals surface area contributed by atoms with Crippen LogP contribution in [0, 0.1) is 0 Å². The van der Waals surface area contributed by atoms with E-state index in [1.54, 1.807) is 13.8 Å². The van der Waals surface area contributed by atoms with Crippen molar-refractivity contribution in [3.05, 3.63) is 0 Å². The fourth-order valence-corrected chi connectivity index (χ4v) is 1.54. The van der Waals surface area contributed by atoms with Crippen molar-refractivity contribution in [3.8, 4) is 0 Å². The summed E-state index contributed by atoms with van der Waals surface area (Å²) in [5, 5.41) is 8.66. The van der Waals surface area contributed by atoms with Crippen molar-refractivity contribution in [3.63, 3.8) is 0 Å². The molecule has 5 N–H and O–H groups in total. The number of amides is 4. The van der Waals surface area contributed by atoms with Gasteiger partial charge in [0.25, 0.3) is 0 Å². The summed E-state index contributed by atoms with van der Waals surface area (Å²) in [5.74, 6) is -2.64. The van der Waals surface area contributed by atoms with Gasteiger partial charge in [0, 0.05) is 12.6 Å². The van der Waals surface area contributed by atoms with E-state index in [1.165, 1.54) is 4.90 Å². The molecule has 20 heavy (non-hydrogen) atoms. The normalized spacial score (nSPS) is 10.2. The van der Waals surface area contributed by atoms with Crippen LogP contribution in [-0.2, 0) is 14.4 Å². The maximum atomic E-state index is 12.2. The molecule has 0 atom stereocenters. The van der Waals surface area contributed by atoms with Crippen LogP contribution in [0.3, 0.4) is 0 Å². The fraction of sp³-hybridized carbons (Fsp3) is 0.636. The summed E-state index contributed by atoms with van der Waals surface area (Å²) in [6.07, 6.45) is -0.245. The molecule has 0 aliphatic heterocycles. The second-order valence-corrected chi connectivity index (χ2v) is 4.50. The summed E-state index contributed by atoms with van der Waals surface area (Å²) < 4.78 is 0. The van der Waals surface area contributed by atoms with E-state index in [0.29, 0.717) is 0 Å². The molecule has 0 radical (unpaired) electrons. The molecule has 0 spiro atoms. The Morgan fingerprint density at radius 1 is 1.05 bits per heavy atom. The third-order valence-corrected chi connectivity index (χ3v) is 2.40. The monoisotopic (exact) mass is 288 g/mol. The maximum Gasteiger partial charge on any atom is 0.321 e. The van der Waals surface area contributed by atoms with Gasteiger partial charge in [0.2, 0.25) is 11.8 Å². The topological polar surface area (TPSA) is 147 Å². The second kappa shape index (κ2) is 7.97. The quantitative estimate of drug-likeness (QED) is 0.500. The number of nitrogens with two attached hydrogens (primary N) is 2. The third-order valence-electron chi connectivity index (χ3n) is 2.40. The van der Waals surface area contributed by atoms with E-state index in [9.17, 15) is 19.2 Å². The average molecular weight is 288 g/mol. The SMILES string of the molecule is CC(C)N(CCC(=O)O)C(=O)N(CC(N)=O)CC(N)=O. The highest BCUT2D eigenvalue weighted by Crippen LogP contribution is 2.06. The van der Waals surface area contributed by atoms with Gasteiger partial charge in [0.15, 0.2) is 0 Å². The number of hydrogen-bond acceptors (Lipinski definition) is 4. The molecule has 0 bridgehead atoms. The highest BCUT2D eigenvalue weighted by atomic mass is 16.4. The average Bonchev–Trinajstić information content (AvgIpc) is 2.25. The summed E-state index contributed by atoms with van der Waals surface area (Å²) in [4.78, 5) is 46.8. The molecule has 0 aliphatic rings. The van der Waals surface area contributed by atoms with Crippen LogP contribution in [0.1, 0.15) is 20.3 Å². The molecule has 0 saturated carbocycles. The standard InChI is InChI=1S/C11H20N4O5/c1-7(2)15(4-3-10(18)19)11(20)14(5-8(12)16)6-9(13)17/h7H,3-6H2,1-2H3,(H2,12,16)(H2,13,17)(H,18,19). The number of primary amides is 2. The molecule has 9 nitrogen and oxygen atoms in total. The molecule has 0 aromatic rings. The Labute approximate surface area is 116 Å². The molecule has 0 aromatic carbocycles. The number of rotatable bonds is 8. The molecular weight excluding hydrogens is 268 g/mol. The molecular formula is C11H20N4O5. The molecule has 0 saturated heterocycles. The van der Waals surface area contributed by atoms with E-state index in [-0.39, 0.29) is 19.0 Å². The Kier molecular flexibility index (Phi) is 7.05. The number of aliphatic carboxylic acids is 1. The third kappa shape index (κ3) is 6.57. The first kappa shape index (κ1) is 17.7. The first-order chi connectivity index (χ1) is 9.15. The Hall–Kier alpha value is -2.32. The van der Waals surface area contributed by atoms with Gasteiger partial charge in [0.05, 0.1) is 6.42 Å². The van der Waals surface area contributed by atoms with E-state index in [4.69, 9.17) is 16.6 Å². The minimum absolute atomic E-state index is 0.0418. The Bertz CT molecular complexity index is 380. The van der Waals surface area contributed by atoms with Crippen molar-refractivity contribution < 1.29 is 24.3 Å². The number of nitrogens with zero attached hydrogens (tertiary/aromatic N) is 2. The Balaban J connectivity index is 4.98. The molecule has 4 amide bonds. The summed E-state index contributed by atoms with van der Waals surface area (Å²) in [6.45, 7) is 2.41. The van der Waals surface area contributed by atoms with E-state index in [2.05, 4.69) is 0 Å². The predicted octanol–water partition coefficient (Wildman–Crippen LogP) is -1.44. The van der Waals surface area contributed by atoms with E-state index >= 15 is 0 Å². The Morgan fingerprint density at radius 3 is 1.80 bits per heavy atom. The van der Waals surface area contributed by atoms with Crippen LogP contribution in [0.4, 0.5) is 4.79 Å². The van der Waals surface area contributed by atoms with Crippen LogP contribution >= 0.6 is 0 Å². The number of hydrogen-bond donors (Lipinski definition) is 3. The van der Waals surface area contributed by atoms with Crippen LogP contribution in [0.2, 0.25) is 0 Å². The van der Waals surface area contributed by atoms with Gasteiger partial charge < -0.3 is 26.4 Å². The summed E-state index contributed by atoms with van der Waals surface area (Å²) in [6, 6.07) is -0.955. The van der Waals surface area contributed by atoms with Crippen molar-refractivity contribution in [1.29, 1.82) is 0 Å². The lowest BCUT2D eigenvalue weighted by molar-refractivity contribution is -0.137. The zero-order chi connectivity index (χ0) is 15.9. The van der Waals surface area contributed by atoms with Crippen LogP contribution in [0.15, 0.2) is 0 Å². The minimum atomic E-state index is -1.06. The second-order valence-electron chi connectivity index (χ2n) is 4.50. The first-order valence-electron chi connectivity index (χ1n) is 5.99. The minimum Gasteiger partial charge on any atom is -0.481 e. The fourth-order valence-electron chi connectivity index (χ4n) is 1.54. The van der Waals surface area contributed by atoms with Gasteiger partial charge in [-0.3, -0.25) is 14.4 Å². The zero-order valence-corrected chi connectivity index (χ0v) is 11.5. The lowest BCUT2D eigenvalue weighted by Crippen LogP contribution is -2.51. The van der Waals surface area contributed by atoms with E-state index in [0.717, 1.165) is 4.90 Å². The molecule has 0 heterocycles. The van der Waals surface area contributed by atoms with Crippen molar-refractivity contribution >= 4 is 23.8 Å². The highest BCUT2D eigenvalue weighted by Gasteiger charge is 2.25. The van der Waals surface area contributed by atoms with Crippen LogP contribution in [0.5, 0.6) is 0 Å². The molecule has 0 unspecified atom stereocenters. The summed E-state index contributed by atoms with van der Waals surface area (Å²) in [7, 11) is 0. The van der Waals surface area contributed by atoms with Crippen molar-refractivity contribution in [2.24, 2.45) is 11.5 Å². The van der Waals surface area contributed by atoms with Crippen molar-refractivity contribution in [2.75, 3.05) is 19.6 Å². The predicted molar refractivity (Wildman–Crippen MR) is 69.5 cm³/mol. The van der Waals surface area contributed by atoms with Gasteiger partial charge >= 0.3 is 12.0 Å². The van der Waals surface area contributed by atoms with Crippen molar-refractivity contribution in [2.45, 2.75) is 26.3 Å². The molecule has 0 rings (SSSR count). The van der Waals surface area contributed by atoms with Crippen LogP contribution in [-0.4, -0.2) is 64.4 Å². The molecule has 0 fully saturated rings. The van der Waals surface area contributed by atoms with E-state index in [1.807, 2.05) is 0 Å². The summed E-state index contributed by atoms with van der Waals surface area (Å²) >= 11 is 0. The number of urea groups is 1. The first-order valence-corrected chi connectivity index (χ1v) is 5.99. The van der Waals surface area contributed by atoms with Gasteiger partial charge in [0.1, 0.15) is 13.1 Å². The van der Waals surface area contributed by atoms with Crippen LogP contribution < -0.4 is 11.5 Å². The molecule has 0 aromatic heterocycles. The number of carbonyl (C=O) groups is 4. The molecule has 114 valence electrons. The lowest BCUT2D eigenvalue weighted by atomic mass is 10.3. The zero-order valence-electron chi connectivity index (χ0n) is 11.5. The number of carboxylic acid groups (broad SMARTS) is 1. The highest BCUT2D eigenvalue weighted by molar-refractivity contribution is 5.87. The number of carbonyl (C=O) groups excluding carboxylic acids is 3. The number of carboxylic acids is 1. The van der Waals surface area contributed by atoms with Gasteiger partial charge in [-0.2, -0.15) is 0 Å². The van der Waals surface area contributed by atoms with Crippen LogP contribution in [0.25, 0.3) is 0 Å². The summed E-state index contributed by atoms with van der Waals surface area (Å²) in [5.41, 5.74) is 10.0. The van der Waals surface area contributed by atoms with Gasteiger partial charge in [-0.05, 0) is 13.8 Å². The maximum absolute atomic E-state index is 12.2. The van der Waals surface area contributed by atoms with Crippen molar-refractivity contribution in [1.82, 2.24) is 9.80 Å². The smallest absolute Gasteiger partial charge is 0.321 e. The van der Waals surface area contributed by atoms with Gasteiger partial charge in [-0.1, -0.05) is 0 Å². The lowest BCUT2D eigenvalue weighted by Gasteiger charge is -2.31. The largest absolute Gasteiger partial charge is 0.481 e. The molecule has 0 aliphatic carbocycles. The van der Waals surface area contributed by atoms with Gasteiger partial charge in [-0.15, -0.1) is 0 Å². The van der Waals surface area contributed by atoms with Gasteiger partial charge in [-0.25, -0.2) is 4.79 Å². The molecule has 9 heteroatoms.